The lowest BCUT2D eigenvalue weighted by atomic mass is 9.63. The summed E-state index contributed by atoms with van der Waals surface area (Å²) in [5.74, 6) is 0. The summed E-state index contributed by atoms with van der Waals surface area (Å²) in [7, 11) is 0. The maximum absolute atomic E-state index is 6.83. The van der Waals surface area contributed by atoms with Gasteiger partial charge in [-0.05, 0) is 116 Å². The Labute approximate surface area is 437 Å². The zero-order valence-electron chi connectivity index (χ0n) is 41.5. The molecule has 2 heterocycles. The van der Waals surface area contributed by atoms with Crippen molar-refractivity contribution in [3.8, 4) is 33.4 Å². The molecule has 1 aliphatic heterocycles. The van der Waals surface area contributed by atoms with Gasteiger partial charge in [0.25, 0.3) is 0 Å². The Morgan fingerprint density at radius 2 is 0.907 bits per heavy atom. The summed E-state index contributed by atoms with van der Waals surface area (Å²) in [6, 6.07) is 94.6. The molecule has 2 aliphatic rings. The van der Waals surface area contributed by atoms with E-state index in [1.165, 1.54) is 49.7 Å². The van der Waals surface area contributed by atoms with E-state index in [0.717, 1.165) is 83.9 Å². The molecule has 0 unspecified atom stereocenters. The van der Waals surface area contributed by atoms with Gasteiger partial charge in [-0.3, -0.25) is 0 Å². The highest BCUT2D eigenvalue weighted by molar-refractivity contribution is 6.11. The van der Waals surface area contributed by atoms with Crippen LogP contribution < -0.4 is 9.80 Å². The summed E-state index contributed by atoms with van der Waals surface area (Å²) >= 11 is 0. The van der Waals surface area contributed by atoms with Crippen molar-refractivity contribution in [2.24, 2.45) is 0 Å². The van der Waals surface area contributed by atoms with E-state index in [2.05, 4.69) is 290 Å². The number of nitrogens with zero attached hydrogens (tertiary/aromatic N) is 2. The monoisotopic (exact) mass is 958 g/mol. The molecule has 75 heavy (non-hydrogen) atoms. The molecule has 0 N–H and O–H groups in total. The summed E-state index contributed by atoms with van der Waals surface area (Å²) in [6.07, 6.45) is 4.55. The van der Waals surface area contributed by atoms with Gasteiger partial charge >= 0.3 is 0 Å². The zero-order chi connectivity index (χ0) is 50.0. The molecule has 0 bridgehead atoms. The maximum Gasteiger partial charge on any atom is 0.143 e. The molecular weight excluding hydrogens is 909 g/mol. The molecule has 3 heteroatoms. The Balaban J connectivity index is 1.06. The summed E-state index contributed by atoms with van der Waals surface area (Å²) in [4.78, 5) is 4.93. The predicted molar refractivity (Wildman–Crippen MR) is 314 cm³/mol. The molecule has 0 saturated heterocycles. The Hall–Kier alpha value is -9.70. The van der Waals surface area contributed by atoms with Gasteiger partial charge < -0.3 is 14.2 Å². The van der Waals surface area contributed by atoms with E-state index in [0.29, 0.717) is 0 Å². The molecule has 1 aromatic heterocycles. The van der Waals surface area contributed by atoms with Gasteiger partial charge in [-0.2, -0.15) is 0 Å². The van der Waals surface area contributed by atoms with Crippen molar-refractivity contribution in [1.82, 2.24) is 0 Å². The number of para-hydroxylation sites is 7. The first-order valence-electron chi connectivity index (χ1n) is 25.8. The standard InChI is InChI=1S/C72H50N2O/c1-3-51-56-32-11-15-39-62(56)72(63-40-16-20-44-68(63)74(50-27-5-4-6-28-50)69-45-21-17-41-64(69)72)65(51)47-48(2)73(67-43-19-13-34-58(67)60-37-24-38-61-59-35-14-22-46-70(59)75-71(60)61)66-42-18-12-33-57(66)55-31-10-9-30-54(55)53-36-23-26-49-25-7-8-29-52(49)53/h3-47H,1H2,2H3/b48-47+. The molecule has 0 saturated carbocycles. The third kappa shape index (κ3) is 6.75. The highest BCUT2D eigenvalue weighted by Crippen LogP contribution is 2.63. The SMILES string of the molecule is C=CC1=C(/C=C(\C)N(c2ccccc2-c2ccccc2-c2cccc3ccccc23)c2ccccc2-c2cccc3c2oc2ccccc23)C2(c3ccccc31)c1ccccc1N(c1ccccc1)c1ccccc12. The number of hydrogen-bond donors (Lipinski definition) is 0. The lowest BCUT2D eigenvalue weighted by molar-refractivity contribution is 0.670. The van der Waals surface area contributed by atoms with Gasteiger partial charge in [-0.1, -0.05) is 231 Å². The number of hydrogen-bond acceptors (Lipinski definition) is 3. The second-order valence-corrected chi connectivity index (χ2v) is 19.5. The van der Waals surface area contributed by atoms with Gasteiger partial charge in [0.1, 0.15) is 11.2 Å². The first-order chi connectivity index (χ1) is 37.1. The quantitative estimate of drug-likeness (QED) is 0.144. The van der Waals surface area contributed by atoms with E-state index in [4.69, 9.17) is 4.42 Å². The molecule has 0 fully saturated rings. The van der Waals surface area contributed by atoms with Crippen LogP contribution in [0.2, 0.25) is 0 Å². The number of fused-ring (bicyclic) bond motifs is 10. The average molecular weight is 959 g/mol. The molecule has 11 aromatic carbocycles. The molecule has 354 valence electrons. The van der Waals surface area contributed by atoms with E-state index in [-0.39, 0.29) is 0 Å². The summed E-state index contributed by atoms with van der Waals surface area (Å²) in [5.41, 5.74) is 21.3. The van der Waals surface area contributed by atoms with Gasteiger partial charge in [-0.25, -0.2) is 0 Å². The van der Waals surface area contributed by atoms with E-state index < -0.39 is 5.41 Å². The summed E-state index contributed by atoms with van der Waals surface area (Å²) in [5, 5.41) is 4.62. The molecule has 0 amide bonds. The van der Waals surface area contributed by atoms with Crippen molar-refractivity contribution in [2.45, 2.75) is 12.3 Å². The Morgan fingerprint density at radius 3 is 1.61 bits per heavy atom. The van der Waals surface area contributed by atoms with E-state index in [1.54, 1.807) is 0 Å². The van der Waals surface area contributed by atoms with Crippen molar-refractivity contribution in [3.63, 3.8) is 0 Å². The molecule has 12 aromatic rings. The second-order valence-electron chi connectivity index (χ2n) is 19.5. The molecule has 14 rings (SSSR count). The van der Waals surface area contributed by atoms with Crippen LogP contribution in [0, 0.1) is 0 Å². The Bertz CT molecular complexity index is 4250. The maximum atomic E-state index is 6.83. The van der Waals surface area contributed by atoms with Crippen LogP contribution in [0.4, 0.5) is 28.4 Å². The van der Waals surface area contributed by atoms with Crippen LogP contribution in [0.5, 0.6) is 0 Å². The topological polar surface area (TPSA) is 19.6 Å². The van der Waals surface area contributed by atoms with Crippen LogP contribution in [-0.4, -0.2) is 0 Å². The highest BCUT2D eigenvalue weighted by atomic mass is 16.3. The first-order valence-corrected chi connectivity index (χ1v) is 25.8. The summed E-state index contributed by atoms with van der Waals surface area (Å²) < 4.78 is 6.83. The third-order valence-corrected chi connectivity index (χ3v) is 15.6. The molecule has 1 spiro atoms. The molecule has 0 atom stereocenters. The number of anilines is 5. The van der Waals surface area contributed by atoms with Crippen LogP contribution in [0.1, 0.15) is 29.2 Å². The van der Waals surface area contributed by atoms with Crippen LogP contribution in [-0.2, 0) is 5.41 Å². The van der Waals surface area contributed by atoms with Crippen LogP contribution in [0.3, 0.4) is 0 Å². The van der Waals surface area contributed by atoms with Crippen LogP contribution in [0.15, 0.2) is 295 Å². The smallest absolute Gasteiger partial charge is 0.143 e. The van der Waals surface area contributed by atoms with Gasteiger partial charge in [0.05, 0.1) is 28.2 Å². The molecule has 3 nitrogen and oxygen atoms in total. The largest absolute Gasteiger partial charge is 0.455 e. The number of benzene rings is 11. The number of furan rings is 1. The van der Waals surface area contributed by atoms with Crippen LogP contribution in [0.25, 0.3) is 71.7 Å². The fraction of sp³-hybridized carbons (Fsp3) is 0.0278. The van der Waals surface area contributed by atoms with E-state index in [9.17, 15) is 0 Å². The minimum absolute atomic E-state index is 0.717. The van der Waals surface area contributed by atoms with Gasteiger partial charge in [0, 0.05) is 38.8 Å². The minimum Gasteiger partial charge on any atom is -0.455 e. The minimum atomic E-state index is -0.717. The molecule has 0 radical (unpaired) electrons. The van der Waals surface area contributed by atoms with Crippen molar-refractivity contribution in [1.29, 1.82) is 0 Å². The average Bonchev–Trinajstić information content (AvgIpc) is 4.03. The third-order valence-electron chi connectivity index (χ3n) is 15.6. The van der Waals surface area contributed by atoms with E-state index >= 15 is 0 Å². The normalized spacial score (nSPS) is 13.6. The number of rotatable bonds is 9. The zero-order valence-corrected chi connectivity index (χ0v) is 41.5. The predicted octanol–water partition coefficient (Wildman–Crippen LogP) is 19.6. The Morgan fingerprint density at radius 1 is 0.427 bits per heavy atom. The highest BCUT2D eigenvalue weighted by Gasteiger charge is 2.52. The first kappa shape index (κ1) is 44.0. The van der Waals surface area contributed by atoms with Gasteiger partial charge in [-0.15, -0.1) is 0 Å². The van der Waals surface area contributed by atoms with Crippen LogP contribution >= 0.6 is 0 Å². The van der Waals surface area contributed by atoms with Crippen molar-refractivity contribution in [2.75, 3.05) is 9.80 Å². The van der Waals surface area contributed by atoms with E-state index in [1.807, 2.05) is 6.07 Å². The lowest BCUT2D eigenvalue weighted by Crippen LogP contribution is -2.37. The van der Waals surface area contributed by atoms with Crippen molar-refractivity contribution >= 4 is 66.7 Å². The molecular formula is C72H50N2O. The van der Waals surface area contributed by atoms with Gasteiger partial charge in [0.2, 0.25) is 0 Å². The fourth-order valence-corrected chi connectivity index (χ4v) is 12.6. The summed E-state index contributed by atoms with van der Waals surface area (Å²) in [6.45, 7) is 6.89. The molecule has 1 aliphatic carbocycles. The second kappa shape index (κ2) is 17.8. The fourth-order valence-electron chi connectivity index (χ4n) is 12.6. The van der Waals surface area contributed by atoms with Crippen molar-refractivity contribution < 1.29 is 4.42 Å². The Kier molecular flexibility index (Phi) is 10.5. The van der Waals surface area contributed by atoms with Gasteiger partial charge in [0.15, 0.2) is 0 Å². The van der Waals surface area contributed by atoms with Crippen molar-refractivity contribution in [3.05, 3.63) is 313 Å². The lowest BCUT2D eigenvalue weighted by Gasteiger charge is -2.45. The number of allylic oxidation sites excluding steroid dienone is 5.